The molecule has 23 heavy (non-hydrogen) atoms. The number of para-hydroxylation sites is 1. The number of carbonyl (C=O) groups is 1. The average molecular weight is 320 g/mol. The summed E-state index contributed by atoms with van der Waals surface area (Å²) in [4.78, 5) is 14.1. The fraction of sp³-hybridized carbons (Fsp3) is 0.235. The van der Waals surface area contributed by atoms with Crippen LogP contribution in [0.5, 0.6) is 0 Å². The predicted octanol–water partition coefficient (Wildman–Crippen LogP) is 4.29. The molecule has 0 radical (unpaired) electrons. The summed E-state index contributed by atoms with van der Waals surface area (Å²) in [6.07, 6.45) is -3.42. The highest BCUT2D eigenvalue weighted by molar-refractivity contribution is 6.00. The van der Waals surface area contributed by atoms with Gasteiger partial charge in [0.05, 0.1) is 16.8 Å². The molecule has 6 heteroatoms. The number of benzene rings is 2. The van der Waals surface area contributed by atoms with Crippen LogP contribution in [-0.4, -0.2) is 23.9 Å². The molecule has 1 saturated heterocycles. The molecule has 1 amide bonds. The van der Waals surface area contributed by atoms with Gasteiger partial charge in [0, 0.05) is 18.8 Å². The summed E-state index contributed by atoms with van der Waals surface area (Å²) in [6, 6.07) is 11.8. The molecule has 3 nitrogen and oxygen atoms in total. The first-order valence-electron chi connectivity index (χ1n) is 7.28. The molecule has 120 valence electrons. The highest BCUT2D eigenvalue weighted by Gasteiger charge is 2.30. The van der Waals surface area contributed by atoms with Crippen molar-refractivity contribution in [1.82, 2.24) is 4.90 Å². The van der Waals surface area contributed by atoms with Crippen LogP contribution in [0.1, 0.15) is 22.3 Å². The minimum Gasteiger partial charge on any atom is -0.355 e. The van der Waals surface area contributed by atoms with Crippen LogP contribution in [0, 0.1) is 0 Å². The molecule has 0 saturated carbocycles. The minimum absolute atomic E-state index is 0.105. The van der Waals surface area contributed by atoms with Gasteiger partial charge >= 0.3 is 6.18 Å². The molecule has 0 bridgehead atoms. The zero-order valence-corrected chi connectivity index (χ0v) is 12.2. The van der Waals surface area contributed by atoms with Crippen molar-refractivity contribution in [3.8, 4) is 0 Å². The summed E-state index contributed by atoms with van der Waals surface area (Å²) >= 11 is 0. The summed E-state index contributed by atoms with van der Waals surface area (Å²) in [5, 5.41) is 2.92. The Hall–Kier alpha value is -2.50. The van der Waals surface area contributed by atoms with E-state index in [1.165, 1.54) is 6.07 Å². The van der Waals surface area contributed by atoms with Crippen LogP contribution < -0.4 is 5.32 Å². The fourth-order valence-electron chi connectivity index (χ4n) is 2.40. The summed E-state index contributed by atoms with van der Waals surface area (Å²) in [5.74, 6) is -0.105. The van der Waals surface area contributed by atoms with E-state index in [0.29, 0.717) is 16.9 Å². The molecule has 3 rings (SSSR count). The SMILES string of the molecule is O=C(c1ccccc1Nc1cccc(C(F)(F)F)c1)N1CCC1. The van der Waals surface area contributed by atoms with Crippen LogP contribution in [0.25, 0.3) is 0 Å². The largest absolute Gasteiger partial charge is 0.416 e. The molecule has 0 unspecified atom stereocenters. The van der Waals surface area contributed by atoms with Gasteiger partial charge in [-0.15, -0.1) is 0 Å². The van der Waals surface area contributed by atoms with E-state index >= 15 is 0 Å². The summed E-state index contributed by atoms with van der Waals surface area (Å²) in [6.45, 7) is 1.44. The van der Waals surface area contributed by atoms with Gasteiger partial charge < -0.3 is 10.2 Å². The van der Waals surface area contributed by atoms with Crippen molar-refractivity contribution in [1.29, 1.82) is 0 Å². The van der Waals surface area contributed by atoms with Gasteiger partial charge in [0.15, 0.2) is 0 Å². The van der Waals surface area contributed by atoms with Crippen LogP contribution in [-0.2, 0) is 6.18 Å². The van der Waals surface area contributed by atoms with E-state index in [-0.39, 0.29) is 5.91 Å². The molecular formula is C17H15F3N2O. The summed E-state index contributed by atoms with van der Waals surface area (Å²) < 4.78 is 38.4. The van der Waals surface area contributed by atoms with Crippen molar-refractivity contribution < 1.29 is 18.0 Å². The predicted molar refractivity (Wildman–Crippen MR) is 81.7 cm³/mol. The molecule has 0 aliphatic carbocycles. The number of alkyl halides is 3. The first-order valence-corrected chi connectivity index (χ1v) is 7.28. The third-order valence-electron chi connectivity index (χ3n) is 3.77. The number of nitrogens with zero attached hydrogens (tertiary/aromatic N) is 1. The van der Waals surface area contributed by atoms with Crippen molar-refractivity contribution in [2.75, 3.05) is 18.4 Å². The van der Waals surface area contributed by atoms with Gasteiger partial charge in [0.1, 0.15) is 0 Å². The van der Waals surface area contributed by atoms with Gasteiger partial charge in [-0.05, 0) is 36.8 Å². The van der Waals surface area contributed by atoms with E-state index in [4.69, 9.17) is 0 Å². The quantitative estimate of drug-likeness (QED) is 0.915. The van der Waals surface area contributed by atoms with Crippen molar-refractivity contribution in [2.45, 2.75) is 12.6 Å². The minimum atomic E-state index is -4.40. The standard InChI is InChI=1S/C17H15F3N2O/c18-17(19,20)12-5-3-6-13(11-12)21-15-8-2-1-7-14(15)16(23)22-9-4-10-22/h1-3,5-8,11,21H,4,9-10H2. The van der Waals surface area contributed by atoms with Gasteiger partial charge in [-0.3, -0.25) is 4.79 Å². The molecular weight excluding hydrogens is 305 g/mol. The van der Waals surface area contributed by atoms with E-state index in [1.807, 2.05) is 0 Å². The molecule has 1 aliphatic rings. The van der Waals surface area contributed by atoms with Crippen LogP contribution in [0.3, 0.4) is 0 Å². The molecule has 2 aromatic rings. The maximum atomic E-state index is 12.8. The van der Waals surface area contributed by atoms with Gasteiger partial charge in [-0.2, -0.15) is 13.2 Å². The molecule has 0 atom stereocenters. The number of rotatable bonds is 3. The van der Waals surface area contributed by atoms with E-state index in [0.717, 1.165) is 31.6 Å². The zero-order valence-electron chi connectivity index (χ0n) is 12.2. The topological polar surface area (TPSA) is 32.3 Å². The van der Waals surface area contributed by atoms with Crippen LogP contribution in [0.2, 0.25) is 0 Å². The second kappa shape index (κ2) is 5.95. The molecule has 1 fully saturated rings. The number of carbonyl (C=O) groups excluding carboxylic acids is 1. The number of likely N-dealkylation sites (tertiary alicyclic amines) is 1. The molecule has 2 aromatic carbocycles. The fourth-order valence-corrected chi connectivity index (χ4v) is 2.40. The van der Waals surface area contributed by atoms with Crippen molar-refractivity contribution >= 4 is 17.3 Å². The van der Waals surface area contributed by atoms with Gasteiger partial charge in [-0.1, -0.05) is 18.2 Å². The number of anilines is 2. The number of halogens is 3. The maximum absolute atomic E-state index is 12.8. The lowest BCUT2D eigenvalue weighted by Gasteiger charge is -2.31. The lowest BCUT2D eigenvalue weighted by Crippen LogP contribution is -2.42. The second-order valence-corrected chi connectivity index (χ2v) is 5.39. The van der Waals surface area contributed by atoms with Gasteiger partial charge in [0.25, 0.3) is 5.91 Å². The Morgan fingerprint density at radius 2 is 1.78 bits per heavy atom. The molecule has 1 heterocycles. The van der Waals surface area contributed by atoms with E-state index in [2.05, 4.69) is 5.32 Å². The Balaban J connectivity index is 1.87. The Bertz CT molecular complexity index is 724. The maximum Gasteiger partial charge on any atom is 0.416 e. The van der Waals surface area contributed by atoms with Crippen molar-refractivity contribution in [2.24, 2.45) is 0 Å². The highest BCUT2D eigenvalue weighted by Crippen LogP contribution is 2.32. The molecule has 0 aromatic heterocycles. The van der Waals surface area contributed by atoms with E-state index < -0.39 is 11.7 Å². The average Bonchev–Trinajstić information content (AvgIpc) is 2.45. The van der Waals surface area contributed by atoms with Crippen LogP contribution in [0.15, 0.2) is 48.5 Å². The van der Waals surface area contributed by atoms with Gasteiger partial charge in [0.2, 0.25) is 0 Å². The second-order valence-electron chi connectivity index (χ2n) is 5.39. The normalized spacial score (nSPS) is 14.3. The number of nitrogens with one attached hydrogen (secondary N) is 1. The lowest BCUT2D eigenvalue weighted by atomic mass is 10.1. The van der Waals surface area contributed by atoms with Crippen LogP contribution >= 0.6 is 0 Å². The third-order valence-corrected chi connectivity index (χ3v) is 3.77. The number of hydrogen-bond donors (Lipinski definition) is 1. The number of hydrogen-bond acceptors (Lipinski definition) is 2. The van der Waals surface area contributed by atoms with Crippen molar-refractivity contribution in [3.63, 3.8) is 0 Å². The highest BCUT2D eigenvalue weighted by atomic mass is 19.4. The first kappa shape index (κ1) is 15.4. The lowest BCUT2D eigenvalue weighted by molar-refractivity contribution is -0.137. The van der Waals surface area contributed by atoms with Crippen LogP contribution in [0.4, 0.5) is 24.5 Å². The Labute approximate surface area is 131 Å². The number of amides is 1. The molecule has 0 spiro atoms. The molecule has 1 aliphatic heterocycles. The van der Waals surface area contributed by atoms with E-state index in [9.17, 15) is 18.0 Å². The monoisotopic (exact) mass is 320 g/mol. The molecule has 1 N–H and O–H groups in total. The zero-order chi connectivity index (χ0) is 16.4. The summed E-state index contributed by atoms with van der Waals surface area (Å²) in [7, 11) is 0. The Kier molecular flexibility index (Phi) is 3.98. The Morgan fingerprint density at radius 3 is 2.43 bits per heavy atom. The summed E-state index contributed by atoms with van der Waals surface area (Å²) in [5.41, 5.74) is 0.533. The Morgan fingerprint density at radius 1 is 1.04 bits per heavy atom. The smallest absolute Gasteiger partial charge is 0.355 e. The van der Waals surface area contributed by atoms with Gasteiger partial charge in [-0.25, -0.2) is 0 Å². The van der Waals surface area contributed by atoms with Crippen molar-refractivity contribution in [3.05, 3.63) is 59.7 Å². The van der Waals surface area contributed by atoms with E-state index in [1.54, 1.807) is 35.2 Å². The third kappa shape index (κ3) is 3.31. The first-order chi connectivity index (χ1) is 10.9.